The first-order valence-electron chi connectivity index (χ1n) is 7.77. The number of aromatic nitrogens is 2. The molecule has 0 aliphatic rings. The van der Waals surface area contributed by atoms with E-state index in [9.17, 15) is 13.2 Å². The Morgan fingerprint density at radius 2 is 1.85 bits per heavy atom. The number of hydrogen-bond donors (Lipinski definition) is 1. The zero-order valence-corrected chi connectivity index (χ0v) is 16.1. The number of sulfone groups is 1. The number of para-hydroxylation sites is 1. The van der Waals surface area contributed by atoms with Crippen LogP contribution in [0.4, 0.5) is 5.82 Å². The summed E-state index contributed by atoms with van der Waals surface area (Å²) < 4.78 is 26.9. The summed E-state index contributed by atoms with van der Waals surface area (Å²) in [5.74, 6) is -1.11. The minimum atomic E-state index is -3.58. The largest absolute Gasteiger partial charge is 0.308 e. The van der Waals surface area contributed by atoms with Gasteiger partial charge < -0.3 is 5.32 Å². The summed E-state index contributed by atoms with van der Waals surface area (Å²) in [4.78, 5) is 12.1. The van der Waals surface area contributed by atoms with Gasteiger partial charge in [0.15, 0.2) is 15.7 Å². The normalized spacial score (nSPS) is 11.3. The molecule has 0 bridgehead atoms. The number of benzene rings is 2. The van der Waals surface area contributed by atoms with Gasteiger partial charge in [-0.15, -0.1) is 0 Å². The fourth-order valence-corrected chi connectivity index (χ4v) is 4.13. The van der Waals surface area contributed by atoms with Gasteiger partial charge in [0.05, 0.1) is 11.4 Å². The minimum Gasteiger partial charge on any atom is -0.308 e. The summed E-state index contributed by atoms with van der Waals surface area (Å²) >= 11 is 3.30. The third-order valence-corrected chi connectivity index (χ3v) is 5.47. The molecule has 0 atom stereocenters. The first-order chi connectivity index (χ1) is 12.4. The molecule has 1 heterocycles. The summed E-state index contributed by atoms with van der Waals surface area (Å²) in [6, 6.07) is 18.0. The summed E-state index contributed by atoms with van der Waals surface area (Å²) in [6.45, 7) is 0. The molecule has 0 radical (unpaired) electrons. The van der Waals surface area contributed by atoms with Crippen molar-refractivity contribution in [2.45, 2.75) is 5.75 Å². The van der Waals surface area contributed by atoms with Crippen LogP contribution in [0.5, 0.6) is 0 Å². The Hall–Kier alpha value is -2.45. The molecule has 0 aliphatic heterocycles. The van der Waals surface area contributed by atoms with Gasteiger partial charge in [-0.1, -0.05) is 46.3 Å². The van der Waals surface area contributed by atoms with Crippen LogP contribution in [0.15, 0.2) is 71.3 Å². The third-order valence-electron chi connectivity index (χ3n) is 3.50. The molecule has 0 unspecified atom stereocenters. The molecular formula is C18H16BrN3O3S. The van der Waals surface area contributed by atoms with Crippen molar-refractivity contribution in [1.29, 1.82) is 0 Å². The molecule has 2 aromatic carbocycles. The monoisotopic (exact) mass is 433 g/mol. The van der Waals surface area contributed by atoms with E-state index in [-0.39, 0.29) is 5.75 Å². The van der Waals surface area contributed by atoms with Crippen LogP contribution in [0.2, 0.25) is 0 Å². The summed E-state index contributed by atoms with van der Waals surface area (Å²) in [5, 5.41) is 6.76. The molecule has 1 amide bonds. The lowest BCUT2D eigenvalue weighted by atomic mass is 10.2. The van der Waals surface area contributed by atoms with E-state index in [4.69, 9.17) is 0 Å². The van der Waals surface area contributed by atoms with Crippen LogP contribution in [-0.2, 0) is 20.4 Å². The highest BCUT2D eigenvalue weighted by Gasteiger charge is 2.18. The minimum absolute atomic E-state index is 0.196. The number of carbonyl (C=O) groups excluding carboxylic acids is 1. The maximum atomic E-state index is 12.2. The van der Waals surface area contributed by atoms with Crippen molar-refractivity contribution < 1.29 is 13.2 Å². The molecule has 1 N–H and O–H groups in total. The highest BCUT2D eigenvalue weighted by Crippen LogP contribution is 2.15. The van der Waals surface area contributed by atoms with E-state index >= 15 is 0 Å². The van der Waals surface area contributed by atoms with Gasteiger partial charge in [0.2, 0.25) is 5.91 Å². The van der Waals surface area contributed by atoms with Crippen molar-refractivity contribution in [2.24, 2.45) is 0 Å². The Morgan fingerprint density at radius 1 is 1.08 bits per heavy atom. The summed E-state index contributed by atoms with van der Waals surface area (Å²) in [7, 11) is -3.58. The van der Waals surface area contributed by atoms with Gasteiger partial charge in [0, 0.05) is 16.7 Å². The van der Waals surface area contributed by atoms with Gasteiger partial charge in [-0.25, -0.2) is 13.1 Å². The Morgan fingerprint density at radius 3 is 2.58 bits per heavy atom. The van der Waals surface area contributed by atoms with Gasteiger partial charge in [-0.05, 0) is 29.8 Å². The quantitative estimate of drug-likeness (QED) is 0.646. The number of anilines is 1. The standard InChI is InChI=1S/C18H16BrN3O3S/c19-15-6-4-5-14(11-15)12-26(24,25)13-18(23)20-17-9-10-22(21-17)16-7-2-1-3-8-16/h1-11H,12-13H2,(H,20,21,23). The van der Waals surface area contributed by atoms with Crippen molar-refractivity contribution in [3.63, 3.8) is 0 Å². The fourth-order valence-electron chi connectivity index (χ4n) is 2.43. The predicted molar refractivity (Wildman–Crippen MR) is 104 cm³/mol. The van der Waals surface area contributed by atoms with Crippen LogP contribution in [0.25, 0.3) is 5.69 Å². The zero-order chi connectivity index (χ0) is 18.6. The molecule has 6 nitrogen and oxygen atoms in total. The molecule has 0 fully saturated rings. The van der Waals surface area contributed by atoms with Gasteiger partial charge in [0.25, 0.3) is 0 Å². The van der Waals surface area contributed by atoms with E-state index < -0.39 is 21.5 Å². The van der Waals surface area contributed by atoms with Crippen LogP contribution in [0.1, 0.15) is 5.56 Å². The lowest BCUT2D eigenvalue weighted by Gasteiger charge is -2.05. The molecule has 0 saturated carbocycles. The van der Waals surface area contributed by atoms with Crippen LogP contribution in [0.3, 0.4) is 0 Å². The first kappa shape index (κ1) is 18.3. The molecule has 134 valence electrons. The Labute approximate surface area is 159 Å². The molecule has 26 heavy (non-hydrogen) atoms. The van der Waals surface area contributed by atoms with Crippen LogP contribution < -0.4 is 5.32 Å². The first-order valence-corrected chi connectivity index (χ1v) is 10.4. The molecular weight excluding hydrogens is 418 g/mol. The molecule has 3 aromatic rings. The second-order valence-corrected chi connectivity index (χ2v) is 8.67. The number of amides is 1. The molecule has 0 spiro atoms. The lowest BCUT2D eigenvalue weighted by molar-refractivity contribution is -0.113. The number of rotatable bonds is 6. The van der Waals surface area contributed by atoms with Crippen molar-refractivity contribution >= 4 is 37.5 Å². The SMILES string of the molecule is O=C(CS(=O)(=O)Cc1cccc(Br)c1)Nc1ccn(-c2ccccc2)n1. The average Bonchev–Trinajstić information content (AvgIpc) is 3.03. The van der Waals surface area contributed by atoms with Crippen LogP contribution in [-0.4, -0.2) is 29.9 Å². The van der Waals surface area contributed by atoms with Crippen LogP contribution in [0, 0.1) is 0 Å². The van der Waals surface area contributed by atoms with Gasteiger partial charge in [-0.3, -0.25) is 4.79 Å². The molecule has 1 aromatic heterocycles. The maximum absolute atomic E-state index is 12.2. The third kappa shape index (κ3) is 5.03. The van der Waals surface area contributed by atoms with E-state index in [1.807, 2.05) is 36.4 Å². The fraction of sp³-hybridized carbons (Fsp3) is 0.111. The zero-order valence-electron chi connectivity index (χ0n) is 13.7. The highest BCUT2D eigenvalue weighted by atomic mass is 79.9. The predicted octanol–water partition coefficient (Wildman–Crippen LogP) is 3.19. The number of nitrogens with zero attached hydrogens (tertiary/aromatic N) is 2. The molecule has 0 aliphatic carbocycles. The van der Waals surface area contributed by atoms with Crippen molar-refractivity contribution in [3.8, 4) is 5.69 Å². The van der Waals surface area contributed by atoms with E-state index in [0.717, 1.165) is 10.2 Å². The topological polar surface area (TPSA) is 81.1 Å². The Kier molecular flexibility index (Phi) is 5.53. The van der Waals surface area contributed by atoms with E-state index in [1.54, 1.807) is 35.1 Å². The highest BCUT2D eigenvalue weighted by molar-refractivity contribution is 9.10. The van der Waals surface area contributed by atoms with Crippen LogP contribution >= 0.6 is 15.9 Å². The summed E-state index contributed by atoms with van der Waals surface area (Å²) in [6.07, 6.45) is 1.70. The number of halogens is 1. The van der Waals surface area contributed by atoms with Crippen molar-refractivity contribution in [3.05, 3.63) is 76.9 Å². The van der Waals surface area contributed by atoms with Gasteiger partial charge in [-0.2, -0.15) is 5.10 Å². The van der Waals surface area contributed by atoms with Gasteiger partial charge >= 0.3 is 0 Å². The average molecular weight is 434 g/mol. The van der Waals surface area contributed by atoms with Crippen molar-refractivity contribution in [2.75, 3.05) is 11.1 Å². The summed E-state index contributed by atoms with van der Waals surface area (Å²) in [5.41, 5.74) is 1.47. The number of carbonyl (C=O) groups is 1. The van der Waals surface area contributed by atoms with E-state index in [0.29, 0.717) is 11.4 Å². The van der Waals surface area contributed by atoms with E-state index in [1.165, 1.54) is 0 Å². The lowest BCUT2D eigenvalue weighted by Crippen LogP contribution is -2.24. The maximum Gasteiger partial charge on any atom is 0.240 e. The Balaban J connectivity index is 1.62. The Bertz CT molecular complexity index is 1020. The number of nitrogens with one attached hydrogen (secondary N) is 1. The second kappa shape index (κ2) is 7.84. The van der Waals surface area contributed by atoms with Crippen molar-refractivity contribution in [1.82, 2.24) is 9.78 Å². The molecule has 8 heteroatoms. The second-order valence-electron chi connectivity index (χ2n) is 5.69. The molecule has 3 rings (SSSR count). The smallest absolute Gasteiger partial charge is 0.240 e. The van der Waals surface area contributed by atoms with Gasteiger partial charge in [0.1, 0.15) is 5.75 Å². The number of hydrogen-bond acceptors (Lipinski definition) is 4. The van der Waals surface area contributed by atoms with E-state index in [2.05, 4.69) is 26.3 Å². The molecule has 0 saturated heterocycles.